The van der Waals surface area contributed by atoms with Crippen LogP contribution in [0.4, 0.5) is 17.6 Å². The number of halogens is 4. The molecule has 3 rings (SSSR count). The first kappa shape index (κ1) is 24.2. The Morgan fingerprint density at radius 3 is 2.39 bits per heavy atom. The molecule has 11 heteroatoms. The van der Waals surface area contributed by atoms with Gasteiger partial charge in [0, 0.05) is 17.0 Å². The third-order valence-electron chi connectivity index (χ3n) is 4.64. The summed E-state index contributed by atoms with van der Waals surface area (Å²) in [6.45, 7) is 1.12. The largest absolute Gasteiger partial charge is 0.508 e. The van der Waals surface area contributed by atoms with Crippen LogP contribution in [0.2, 0.25) is 0 Å². The number of hydrogen-bond donors (Lipinski definition) is 3. The highest BCUT2D eigenvalue weighted by Gasteiger charge is 2.36. The van der Waals surface area contributed by atoms with Crippen molar-refractivity contribution in [3.8, 4) is 5.75 Å². The van der Waals surface area contributed by atoms with E-state index >= 15 is 0 Å². The van der Waals surface area contributed by atoms with Gasteiger partial charge in [0.1, 0.15) is 17.3 Å². The Hall–Kier alpha value is -3.47. The van der Waals surface area contributed by atoms with E-state index in [1.54, 1.807) is 12.1 Å². The number of carbonyl (C=O) groups excluding carboxylic acids is 2. The molecule has 0 aliphatic carbocycles. The van der Waals surface area contributed by atoms with Gasteiger partial charge in [0.05, 0.1) is 12.5 Å². The Morgan fingerprint density at radius 1 is 1.12 bits per heavy atom. The molecule has 1 atom stereocenters. The molecule has 3 N–H and O–H groups in total. The van der Waals surface area contributed by atoms with Crippen LogP contribution >= 0.6 is 11.3 Å². The third kappa shape index (κ3) is 6.28. The smallest absolute Gasteiger partial charge is 0.443 e. The van der Waals surface area contributed by atoms with Gasteiger partial charge in [0.15, 0.2) is 5.01 Å². The van der Waals surface area contributed by atoms with Gasteiger partial charge in [-0.1, -0.05) is 30.3 Å². The molecule has 2 aromatic carbocycles. The zero-order valence-electron chi connectivity index (χ0n) is 17.2. The van der Waals surface area contributed by atoms with Crippen molar-refractivity contribution in [2.24, 2.45) is 0 Å². The number of aromatic nitrogens is 1. The molecular weight excluding hydrogens is 462 g/mol. The van der Waals surface area contributed by atoms with E-state index in [2.05, 4.69) is 15.6 Å². The maximum atomic E-state index is 14.4. The van der Waals surface area contributed by atoms with E-state index in [1.807, 2.05) is 0 Å². The summed E-state index contributed by atoms with van der Waals surface area (Å²) in [5, 5.41) is 13.2. The second-order valence-corrected chi connectivity index (χ2v) is 8.32. The molecule has 0 fully saturated rings. The molecule has 3 aromatic rings. The number of carbonyl (C=O) groups is 2. The Balaban J connectivity index is 1.76. The molecule has 0 aliphatic heterocycles. The van der Waals surface area contributed by atoms with Crippen LogP contribution in [0, 0.1) is 12.7 Å². The number of rotatable bonds is 7. The lowest BCUT2D eigenvalue weighted by molar-refractivity contribution is -0.137. The Morgan fingerprint density at radius 2 is 1.79 bits per heavy atom. The molecule has 1 aromatic heterocycles. The number of thiazole rings is 1. The molecule has 0 saturated carbocycles. The summed E-state index contributed by atoms with van der Waals surface area (Å²) in [4.78, 5) is 28.4. The highest BCUT2D eigenvalue weighted by Crippen LogP contribution is 2.34. The molecule has 33 heavy (non-hydrogen) atoms. The average molecular weight is 481 g/mol. The summed E-state index contributed by atoms with van der Waals surface area (Å²) >= 11 is 0.338. The van der Waals surface area contributed by atoms with Gasteiger partial charge in [0.2, 0.25) is 5.91 Å². The van der Waals surface area contributed by atoms with Crippen molar-refractivity contribution in [1.82, 2.24) is 15.6 Å². The molecule has 0 spiro atoms. The van der Waals surface area contributed by atoms with E-state index in [9.17, 15) is 32.3 Å². The fourth-order valence-corrected chi connectivity index (χ4v) is 3.81. The molecule has 0 radical (unpaired) electrons. The molecule has 2 amide bonds. The van der Waals surface area contributed by atoms with Crippen LogP contribution in [0.1, 0.15) is 37.5 Å². The van der Waals surface area contributed by atoms with Gasteiger partial charge in [-0.2, -0.15) is 13.2 Å². The number of benzene rings is 2. The van der Waals surface area contributed by atoms with Gasteiger partial charge in [-0.3, -0.25) is 9.59 Å². The van der Waals surface area contributed by atoms with Crippen molar-refractivity contribution in [3.05, 3.63) is 81.1 Å². The summed E-state index contributed by atoms with van der Waals surface area (Å²) < 4.78 is 53.2. The number of nitrogens with zero attached hydrogens (tertiary/aromatic N) is 1. The van der Waals surface area contributed by atoms with Gasteiger partial charge in [0.25, 0.3) is 5.91 Å². The summed E-state index contributed by atoms with van der Waals surface area (Å²) in [6, 6.07) is 10.5. The van der Waals surface area contributed by atoms with Crippen LogP contribution in [-0.2, 0) is 17.4 Å². The normalized spacial score (nSPS) is 12.3. The fourth-order valence-electron chi connectivity index (χ4n) is 3.03. The van der Waals surface area contributed by atoms with E-state index in [1.165, 1.54) is 43.3 Å². The number of nitrogens with one attached hydrogen (secondary N) is 2. The van der Waals surface area contributed by atoms with Crippen molar-refractivity contribution in [1.29, 1.82) is 0 Å². The lowest BCUT2D eigenvalue weighted by Crippen LogP contribution is -2.39. The highest BCUT2D eigenvalue weighted by atomic mass is 32.1. The lowest BCUT2D eigenvalue weighted by Gasteiger charge is -2.20. The van der Waals surface area contributed by atoms with Gasteiger partial charge in [-0.25, -0.2) is 9.37 Å². The molecule has 6 nitrogen and oxygen atoms in total. The number of phenolic OH excluding ortho intramolecular Hbond substituents is 1. The van der Waals surface area contributed by atoms with E-state index < -0.39 is 40.6 Å². The predicted molar refractivity (Wildman–Crippen MR) is 113 cm³/mol. The predicted octanol–water partition coefficient (Wildman–Crippen LogP) is 4.15. The van der Waals surface area contributed by atoms with Crippen molar-refractivity contribution in [2.75, 3.05) is 6.54 Å². The number of phenols is 1. The van der Waals surface area contributed by atoms with Crippen molar-refractivity contribution >= 4 is 23.2 Å². The third-order valence-corrected chi connectivity index (χ3v) is 5.66. The topological polar surface area (TPSA) is 91.3 Å². The minimum atomic E-state index is -4.69. The van der Waals surface area contributed by atoms with Crippen molar-refractivity contribution in [2.45, 2.75) is 25.6 Å². The molecular formula is C22H19F4N3O3S. The average Bonchev–Trinajstić information content (AvgIpc) is 3.15. The van der Waals surface area contributed by atoms with Crippen molar-refractivity contribution in [3.63, 3.8) is 0 Å². The van der Waals surface area contributed by atoms with Crippen LogP contribution in [0.25, 0.3) is 0 Å². The molecule has 174 valence electrons. The Kier molecular flexibility index (Phi) is 7.32. The first-order chi connectivity index (χ1) is 15.5. The zero-order chi connectivity index (χ0) is 24.2. The molecule has 0 aliphatic rings. The first-order valence-corrected chi connectivity index (χ1v) is 10.5. The van der Waals surface area contributed by atoms with Crippen molar-refractivity contribution < 1.29 is 32.3 Å². The van der Waals surface area contributed by atoms with E-state index in [4.69, 9.17) is 0 Å². The van der Waals surface area contributed by atoms with Crippen LogP contribution in [0.3, 0.4) is 0 Å². The van der Waals surface area contributed by atoms with Gasteiger partial charge in [-0.05, 0) is 30.7 Å². The van der Waals surface area contributed by atoms with E-state index in [-0.39, 0.29) is 29.2 Å². The van der Waals surface area contributed by atoms with E-state index in [0.29, 0.717) is 16.9 Å². The maximum Gasteiger partial charge on any atom is 0.443 e. The quantitative estimate of drug-likeness (QED) is 0.443. The van der Waals surface area contributed by atoms with Gasteiger partial charge < -0.3 is 15.7 Å². The minimum absolute atomic E-state index is 0.0294. The number of alkyl halides is 3. The van der Waals surface area contributed by atoms with Crippen LogP contribution in [0.5, 0.6) is 5.75 Å². The Bertz CT molecular complexity index is 1150. The highest BCUT2D eigenvalue weighted by molar-refractivity contribution is 7.12. The summed E-state index contributed by atoms with van der Waals surface area (Å²) in [6.07, 6.45) is -4.72. The molecule has 0 saturated heterocycles. The number of aromatic hydroxyl groups is 1. The number of amides is 2. The lowest BCUT2D eigenvalue weighted by atomic mass is 10.1. The van der Waals surface area contributed by atoms with Gasteiger partial charge >= 0.3 is 6.18 Å². The SMILES string of the molecule is Cc1sc(C(F)(F)F)nc1C(=O)NC(CNC(=O)Cc1ccc(O)cc1)c1ccccc1F. The van der Waals surface area contributed by atoms with Gasteiger partial charge in [-0.15, -0.1) is 11.3 Å². The minimum Gasteiger partial charge on any atom is -0.508 e. The second kappa shape index (κ2) is 9.99. The molecule has 0 bridgehead atoms. The maximum absolute atomic E-state index is 14.4. The van der Waals surface area contributed by atoms with Crippen LogP contribution < -0.4 is 10.6 Å². The fraction of sp³-hybridized carbons (Fsp3) is 0.227. The number of hydrogen-bond acceptors (Lipinski definition) is 5. The molecule has 1 unspecified atom stereocenters. The number of aryl methyl sites for hydroxylation is 1. The van der Waals surface area contributed by atoms with E-state index in [0.717, 1.165) is 0 Å². The van der Waals surface area contributed by atoms with Crippen LogP contribution in [0.15, 0.2) is 48.5 Å². The molecule has 1 heterocycles. The first-order valence-electron chi connectivity index (χ1n) is 9.69. The monoisotopic (exact) mass is 481 g/mol. The summed E-state index contributed by atoms with van der Waals surface area (Å²) in [7, 11) is 0. The summed E-state index contributed by atoms with van der Waals surface area (Å²) in [5.41, 5.74) is 0.262. The Labute approximate surface area is 190 Å². The summed E-state index contributed by atoms with van der Waals surface area (Å²) in [5.74, 6) is -1.95. The standard InChI is InChI=1S/C22H19F4N3O3S/c1-12-19(29-21(33-12)22(24,25)26)20(32)28-17(15-4-2-3-5-16(15)23)11-27-18(31)10-13-6-8-14(30)9-7-13/h2-9,17,30H,10-11H2,1H3,(H,27,31)(H,28,32). The zero-order valence-corrected chi connectivity index (χ0v) is 18.1. The second-order valence-electron chi connectivity index (χ2n) is 7.12. The van der Waals surface area contributed by atoms with Crippen LogP contribution in [-0.4, -0.2) is 28.4 Å².